The van der Waals surface area contributed by atoms with Gasteiger partial charge in [-0.2, -0.15) is 4.31 Å². The zero-order valence-corrected chi connectivity index (χ0v) is 15.7. The van der Waals surface area contributed by atoms with Crippen molar-refractivity contribution in [3.05, 3.63) is 64.0 Å². The molecule has 8 nitrogen and oxygen atoms in total. The molecule has 0 radical (unpaired) electrons. The van der Waals surface area contributed by atoms with Crippen LogP contribution in [0.2, 0.25) is 0 Å². The van der Waals surface area contributed by atoms with Gasteiger partial charge in [0.15, 0.2) is 0 Å². The number of non-ortho nitro benzene ring substituents is 1. The number of carbonyl (C=O) groups is 1. The second-order valence-electron chi connectivity index (χ2n) is 6.02. The number of carbonyl (C=O) groups excluding carboxylic acids is 1. The Bertz CT molecular complexity index is 992. The van der Waals surface area contributed by atoms with Gasteiger partial charge >= 0.3 is 0 Å². The van der Waals surface area contributed by atoms with Gasteiger partial charge in [-0.1, -0.05) is 6.07 Å². The second kappa shape index (κ2) is 7.80. The zero-order chi connectivity index (χ0) is 20.4. The average Bonchev–Trinajstić information content (AvgIpc) is 2.62. The van der Waals surface area contributed by atoms with Crippen molar-refractivity contribution in [1.29, 1.82) is 0 Å². The van der Waals surface area contributed by atoms with Crippen LogP contribution in [0.4, 0.5) is 15.8 Å². The van der Waals surface area contributed by atoms with E-state index in [0.29, 0.717) is 0 Å². The van der Waals surface area contributed by atoms with Gasteiger partial charge in [-0.25, -0.2) is 12.8 Å². The first-order valence-corrected chi connectivity index (χ1v) is 9.31. The van der Waals surface area contributed by atoms with Crippen molar-refractivity contribution >= 4 is 27.3 Å². The molecular formula is C17H18FN3O5S. The van der Waals surface area contributed by atoms with E-state index in [1.165, 1.54) is 31.3 Å². The Balaban J connectivity index is 2.34. The molecule has 2 aromatic carbocycles. The van der Waals surface area contributed by atoms with Crippen LogP contribution in [0.1, 0.15) is 24.2 Å². The number of hydrogen-bond donors (Lipinski definition) is 1. The van der Waals surface area contributed by atoms with Gasteiger partial charge in [0, 0.05) is 30.8 Å². The molecule has 0 atom stereocenters. The van der Waals surface area contributed by atoms with E-state index in [2.05, 4.69) is 5.32 Å². The molecule has 0 saturated heterocycles. The molecule has 0 fully saturated rings. The van der Waals surface area contributed by atoms with Gasteiger partial charge in [0.05, 0.1) is 15.5 Å². The van der Waals surface area contributed by atoms with E-state index in [1.807, 2.05) is 0 Å². The number of rotatable bonds is 6. The third-order valence-electron chi connectivity index (χ3n) is 3.91. The zero-order valence-electron chi connectivity index (χ0n) is 14.8. The van der Waals surface area contributed by atoms with E-state index in [-0.39, 0.29) is 27.9 Å². The van der Waals surface area contributed by atoms with Crippen molar-refractivity contribution in [2.45, 2.75) is 24.8 Å². The largest absolute Gasteiger partial charge is 0.319 e. The number of amides is 1. The Kier molecular flexibility index (Phi) is 5.91. The number of nitrogens with one attached hydrogen (secondary N) is 1. The lowest BCUT2D eigenvalue weighted by atomic mass is 10.2. The summed E-state index contributed by atoms with van der Waals surface area (Å²) in [4.78, 5) is 22.4. The van der Waals surface area contributed by atoms with Crippen molar-refractivity contribution in [3.8, 4) is 0 Å². The first-order chi connectivity index (χ1) is 12.5. The highest BCUT2D eigenvalue weighted by atomic mass is 32.2. The lowest BCUT2D eigenvalue weighted by Gasteiger charge is -2.21. The van der Waals surface area contributed by atoms with Crippen LogP contribution < -0.4 is 5.32 Å². The highest BCUT2D eigenvalue weighted by molar-refractivity contribution is 7.89. The van der Waals surface area contributed by atoms with Gasteiger partial charge in [-0.15, -0.1) is 0 Å². The summed E-state index contributed by atoms with van der Waals surface area (Å²) in [6.45, 7) is 3.42. The van der Waals surface area contributed by atoms with Gasteiger partial charge in [0.2, 0.25) is 10.0 Å². The first kappa shape index (κ1) is 20.5. The molecule has 0 aliphatic heterocycles. The van der Waals surface area contributed by atoms with E-state index in [0.717, 1.165) is 22.5 Å². The number of nitro groups is 1. The van der Waals surface area contributed by atoms with Gasteiger partial charge in [-0.3, -0.25) is 14.9 Å². The molecule has 0 aliphatic rings. The smallest absolute Gasteiger partial charge is 0.271 e. The summed E-state index contributed by atoms with van der Waals surface area (Å²) in [6, 6.07) is 7.70. The van der Waals surface area contributed by atoms with Crippen LogP contribution in [0.15, 0.2) is 47.4 Å². The fourth-order valence-corrected chi connectivity index (χ4v) is 3.57. The molecule has 27 heavy (non-hydrogen) atoms. The molecule has 2 rings (SSSR count). The lowest BCUT2D eigenvalue weighted by Crippen LogP contribution is -2.33. The van der Waals surface area contributed by atoms with Crippen LogP contribution >= 0.6 is 0 Å². The van der Waals surface area contributed by atoms with Crippen LogP contribution in [0.3, 0.4) is 0 Å². The van der Waals surface area contributed by atoms with Crippen molar-refractivity contribution in [1.82, 2.24) is 4.31 Å². The molecule has 0 aliphatic carbocycles. The molecule has 1 N–H and O–H groups in total. The first-order valence-electron chi connectivity index (χ1n) is 7.87. The maximum absolute atomic E-state index is 13.8. The van der Waals surface area contributed by atoms with Crippen LogP contribution in [0, 0.1) is 15.9 Å². The Morgan fingerprint density at radius 3 is 2.48 bits per heavy atom. The second-order valence-corrected chi connectivity index (χ2v) is 8.02. The molecule has 0 saturated carbocycles. The lowest BCUT2D eigenvalue weighted by molar-refractivity contribution is -0.384. The molecule has 144 valence electrons. The van der Waals surface area contributed by atoms with Crippen molar-refractivity contribution in [2.24, 2.45) is 0 Å². The Hall–Kier alpha value is -2.85. The molecule has 2 aromatic rings. The molecule has 0 spiro atoms. The van der Waals surface area contributed by atoms with Crippen molar-refractivity contribution < 1.29 is 22.5 Å². The summed E-state index contributed by atoms with van der Waals surface area (Å²) in [5.74, 6) is -1.64. The fraction of sp³-hybridized carbons (Fsp3) is 0.235. The summed E-state index contributed by atoms with van der Waals surface area (Å²) >= 11 is 0. The standard InChI is InChI=1S/C17H18FN3O5S/c1-11(2)20(3)27(25,26)14-6-4-5-12(9-14)17(22)19-16-10-13(21(23)24)7-8-15(16)18/h4-11H,1-3H3,(H,19,22). The van der Waals surface area contributed by atoms with E-state index in [1.54, 1.807) is 13.8 Å². The van der Waals surface area contributed by atoms with Crippen molar-refractivity contribution in [3.63, 3.8) is 0 Å². The molecule has 0 heterocycles. The summed E-state index contributed by atoms with van der Waals surface area (Å²) in [5, 5.41) is 13.0. The summed E-state index contributed by atoms with van der Waals surface area (Å²) in [7, 11) is -2.38. The summed E-state index contributed by atoms with van der Waals surface area (Å²) in [6.07, 6.45) is 0. The molecule has 10 heteroatoms. The molecule has 0 bridgehead atoms. The topological polar surface area (TPSA) is 110 Å². The quantitative estimate of drug-likeness (QED) is 0.597. The Labute approximate surface area is 155 Å². The minimum Gasteiger partial charge on any atom is -0.319 e. The number of sulfonamides is 1. The van der Waals surface area contributed by atoms with Gasteiger partial charge in [0.1, 0.15) is 5.82 Å². The van der Waals surface area contributed by atoms with Crippen LogP contribution in [-0.4, -0.2) is 36.6 Å². The molecular weight excluding hydrogens is 377 g/mol. The average molecular weight is 395 g/mol. The predicted molar refractivity (Wildman–Crippen MR) is 97.5 cm³/mol. The minimum absolute atomic E-state index is 0.0286. The normalized spacial score (nSPS) is 11.6. The van der Waals surface area contributed by atoms with Gasteiger partial charge in [0.25, 0.3) is 11.6 Å². The minimum atomic E-state index is -3.80. The number of anilines is 1. The summed E-state index contributed by atoms with van der Waals surface area (Å²) < 4.78 is 40.1. The van der Waals surface area contributed by atoms with Gasteiger partial charge < -0.3 is 5.32 Å². The Morgan fingerprint density at radius 1 is 1.22 bits per heavy atom. The van der Waals surface area contributed by atoms with E-state index in [4.69, 9.17) is 0 Å². The number of benzene rings is 2. The number of nitro benzene ring substituents is 1. The number of hydrogen-bond acceptors (Lipinski definition) is 5. The number of nitrogens with zero attached hydrogens (tertiary/aromatic N) is 2. The van der Waals surface area contributed by atoms with E-state index < -0.39 is 26.7 Å². The van der Waals surface area contributed by atoms with Crippen LogP contribution in [0.5, 0.6) is 0 Å². The van der Waals surface area contributed by atoms with Gasteiger partial charge in [-0.05, 0) is 38.1 Å². The summed E-state index contributed by atoms with van der Waals surface area (Å²) in [5.41, 5.74) is -0.789. The fourth-order valence-electron chi connectivity index (χ4n) is 2.16. The van der Waals surface area contributed by atoms with E-state index >= 15 is 0 Å². The maximum atomic E-state index is 13.8. The third-order valence-corrected chi connectivity index (χ3v) is 5.94. The monoisotopic (exact) mass is 395 g/mol. The number of halogens is 1. The molecule has 0 aromatic heterocycles. The van der Waals surface area contributed by atoms with E-state index in [9.17, 15) is 27.7 Å². The SMILES string of the molecule is CC(C)N(C)S(=O)(=O)c1cccc(C(=O)Nc2cc([N+](=O)[O-])ccc2F)c1. The highest BCUT2D eigenvalue weighted by Gasteiger charge is 2.24. The highest BCUT2D eigenvalue weighted by Crippen LogP contribution is 2.23. The van der Waals surface area contributed by atoms with Crippen LogP contribution in [0.25, 0.3) is 0 Å². The molecule has 1 amide bonds. The van der Waals surface area contributed by atoms with Crippen molar-refractivity contribution in [2.75, 3.05) is 12.4 Å². The third kappa shape index (κ3) is 4.47. The molecule has 0 unspecified atom stereocenters. The predicted octanol–water partition coefficient (Wildman–Crippen LogP) is 3.02. The maximum Gasteiger partial charge on any atom is 0.271 e. The Morgan fingerprint density at radius 2 is 1.89 bits per heavy atom. The van der Waals surface area contributed by atoms with Crippen LogP contribution in [-0.2, 0) is 10.0 Å².